The largest absolute Gasteiger partial charge is 0.377 e. The highest BCUT2D eigenvalue weighted by Gasteiger charge is 2.34. The summed E-state index contributed by atoms with van der Waals surface area (Å²) in [6, 6.07) is 10.2. The summed E-state index contributed by atoms with van der Waals surface area (Å²) in [4.78, 5) is 20.1. The zero-order valence-electron chi connectivity index (χ0n) is 19.3. The summed E-state index contributed by atoms with van der Waals surface area (Å²) in [5.41, 5.74) is 5.07. The first-order chi connectivity index (χ1) is 16.1. The molecule has 1 aromatic carbocycles. The lowest BCUT2D eigenvalue weighted by Crippen LogP contribution is -2.44. The summed E-state index contributed by atoms with van der Waals surface area (Å²) in [5, 5.41) is 3.44. The van der Waals surface area contributed by atoms with Crippen molar-refractivity contribution in [1.82, 2.24) is 4.98 Å². The number of carbonyl (C=O) groups excluding carboxylic acids is 1. The molecule has 0 saturated carbocycles. The van der Waals surface area contributed by atoms with E-state index in [-0.39, 0.29) is 19.5 Å². The Bertz CT molecular complexity index is 1050. The van der Waals surface area contributed by atoms with Crippen molar-refractivity contribution in [3.63, 3.8) is 0 Å². The number of benzene rings is 1. The molecule has 5 rings (SSSR count). The van der Waals surface area contributed by atoms with E-state index < -0.39 is 6.10 Å². The van der Waals surface area contributed by atoms with Gasteiger partial charge < -0.3 is 24.4 Å². The number of carbonyl (C=O) groups is 1. The number of fused-ring (bicyclic) bond motifs is 2. The van der Waals surface area contributed by atoms with Crippen LogP contribution in [0.15, 0.2) is 42.6 Å². The second-order valence-corrected chi connectivity index (χ2v) is 9.05. The van der Waals surface area contributed by atoms with Crippen molar-refractivity contribution in [2.45, 2.75) is 58.0 Å². The van der Waals surface area contributed by atoms with Gasteiger partial charge in [-0.15, -0.1) is 0 Å². The standard InChI is InChI=1S/C26H31N3O4.H2/c1-17(2)33-21-6-8-24(32-16-21)26(30)29-15-20-4-3-11-27-25(20)28-22-7-5-19(14-23(22)29)18-9-12-31-13-10-18;/h3-5,7,9,11,14,17,21,24H,6,8,10,12-13,15-16H2,1-2H3,(H,27,28);1H. The lowest BCUT2D eigenvalue weighted by molar-refractivity contribution is -0.143. The van der Waals surface area contributed by atoms with E-state index >= 15 is 0 Å². The summed E-state index contributed by atoms with van der Waals surface area (Å²) in [7, 11) is 0. The molecule has 1 N–H and O–H groups in total. The van der Waals surface area contributed by atoms with Gasteiger partial charge in [-0.25, -0.2) is 4.98 Å². The van der Waals surface area contributed by atoms with Gasteiger partial charge in [0.15, 0.2) is 0 Å². The van der Waals surface area contributed by atoms with Crippen LogP contribution in [0.5, 0.6) is 0 Å². The molecule has 1 amide bonds. The van der Waals surface area contributed by atoms with Crippen LogP contribution in [0.2, 0.25) is 0 Å². The van der Waals surface area contributed by atoms with Crippen molar-refractivity contribution in [3.8, 4) is 0 Å². The van der Waals surface area contributed by atoms with Crippen molar-refractivity contribution in [2.75, 3.05) is 30.0 Å². The van der Waals surface area contributed by atoms with Gasteiger partial charge in [-0.2, -0.15) is 0 Å². The Morgan fingerprint density at radius 2 is 2.21 bits per heavy atom. The van der Waals surface area contributed by atoms with Crippen LogP contribution in [0.1, 0.15) is 45.7 Å². The molecule has 0 bridgehead atoms. The van der Waals surface area contributed by atoms with E-state index in [2.05, 4.69) is 28.5 Å². The molecule has 1 saturated heterocycles. The molecule has 1 fully saturated rings. The van der Waals surface area contributed by atoms with Crippen LogP contribution in [-0.2, 0) is 25.5 Å². The predicted molar refractivity (Wildman–Crippen MR) is 130 cm³/mol. The van der Waals surface area contributed by atoms with E-state index in [0.29, 0.717) is 32.8 Å². The van der Waals surface area contributed by atoms with E-state index in [1.165, 1.54) is 5.57 Å². The fourth-order valence-electron chi connectivity index (χ4n) is 4.70. The third kappa shape index (κ3) is 4.81. The molecule has 2 atom stereocenters. The number of amides is 1. The molecule has 7 nitrogen and oxygen atoms in total. The van der Waals surface area contributed by atoms with Crippen LogP contribution in [-0.4, -0.2) is 49.0 Å². The van der Waals surface area contributed by atoms with E-state index in [1.807, 2.05) is 36.9 Å². The van der Waals surface area contributed by atoms with Gasteiger partial charge in [-0.05, 0) is 62.4 Å². The molecule has 176 valence electrons. The minimum atomic E-state index is -0.478. The highest BCUT2D eigenvalue weighted by Crippen LogP contribution is 2.38. The van der Waals surface area contributed by atoms with E-state index in [0.717, 1.165) is 41.2 Å². The Labute approximate surface area is 196 Å². The quantitative estimate of drug-likeness (QED) is 0.727. The van der Waals surface area contributed by atoms with Crippen LogP contribution in [0, 0.1) is 0 Å². The summed E-state index contributed by atoms with van der Waals surface area (Å²) >= 11 is 0. The summed E-state index contributed by atoms with van der Waals surface area (Å²) in [6.07, 6.45) is 5.94. The van der Waals surface area contributed by atoms with Gasteiger partial charge in [0.2, 0.25) is 0 Å². The minimum Gasteiger partial charge on any atom is -0.377 e. The first-order valence-corrected chi connectivity index (χ1v) is 11.8. The highest BCUT2D eigenvalue weighted by molar-refractivity contribution is 6.01. The molecule has 2 aromatic rings. The first-order valence-electron chi connectivity index (χ1n) is 11.8. The second kappa shape index (κ2) is 9.63. The number of nitrogens with zero attached hydrogens (tertiary/aromatic N) is 2. The number of hydrogen-bond acceptors (Lipinski definition) is 6. The molecule has 3 aliphatic heterocycles. The predicted octanol–water partition coefficient (Wildman–Crippen LogP) is 4.69. The number of rotatable bonds is 4. The molecule has 1 aromatic heterocycles. The Kier molecular flexibility index (Phi) is 6.44. The van der Waals surface area contributed by atoms with Gasteiger partial charge in [0.05, 0.1) is 49.9 Å². The van der Waals surface area contributed by atoms with E-state index in [4.69, 9.17) is 14.2 Å². The fourth-order valence-corrected chi connectivity index (χ4v) is 4.70. The molecule has 0 spiro atoms. The van der Waals surface area contributed by atoms with Crippen molar-refractivity contribution < 1.29 is 20.4 Å². The number of pyridine rings is 1. The van der Waals surface area contributed by atoms with Gasteiger partial charge in [0.25, 0.3) is 5.91 Å². The van der Waals surface area contributed by atoms with Gasteiger partial charge in [-0.1, -0.05) is 18.2 Å². The molecular weight excluding hydrogens is 418 g/mol. The molecule has 2 unspecified atom stereocenters. The van der Waals surface area contributed by atoms with Crippen LogP contribution in [0.3, 0.4) is 0 Å². The Morgan fingerprint density at radius 1 is 1.30 bits per heavy atom. The lowest BCUT2D eigenvalue weighted by atomic mass is 9.99. The zero-order chi connectivity index (χ0) is 22.8. The normalized spacial score (nSPS) is 22.6. The Morgan fingerprint density at radius 3 is 2.97 bits per heavy atom. The number of hydrogen-bond donors (Lipinski definition) is 1. The number of aromatic nitrogens is 1. The maximum Gasteiger partial charge on any atom is 0.256 e. The third-order valence-electron chi connectivity index (χ3n) is 6.34. The molecule has 0 aliphatic carbocycles. The first kappa shape index (κ1) is 22.1. The molecule has 0 radical (unpaired) electrons. The Balaban J connectivity index is 0.00000274. The summed E-state index contributed by atoms with van der Waals surface area (Å²) in [5.74, 6) is 0.762. The van der Waals surface area contributed by atoms with E-state index in [1.54, 1.807) is 6.20 Å². The maximum atomic E-state index is 13.8. The van der Waals surface area contributed by atoms with Gasteiger partial charge in [0.1, 0.15) is 11.9 Å². The van der Waals surface area contributed by atoms with Crippen molar-refractivity contribution in [2.24, 2.45) is 0 Å². The molecule has 7 heteroatoms. The molecule has 4 heterocycles. The Hall–Kier alpha value is -2.74. The number of anilines is 3. The zero-order valence-corrected chi connectivity index (χ0v) is 19.3. The van der Waals surface area contributed by atoms with E-state index in [9.17, 15) is 4.79 Å². The average Bonchev–Trinajstić information content (AvgIpc) is 3.00. The summed E-state index contributed by atoms with van der Waals surface area (Å²) in [6.45, 7) is 6.27. The molecule has 3 aliphatic rings. The highest BCUT2D eigenvalue weighted by atomic mass is 16.5. The minimum absolute atomic E-state index is 0. The van der Waals surface area contributed by atoms with Crippen molar-refractivity contribution in [3.05, 3.63) is 53.7 Å². The van der Waals surface area contributed by atoms with Crippen LogP contribution in [0.4, 0.5) is 17.2 Å². The topological polar surface area (TPSA) is 72.9 Å². The van der Waals surface area contributed by atoms with Crippen molar-refractivity contribution >= 4 is 28.7 Å². The smallest absolute Gasteiger partial charge is 0.256 e. The molecule has 33 heavy (non-hydrogen) atoms. The van der Waals surface area contributed by atoms with Gasteiger partial charge in [-0.3, -0.25) is 4.79 Å². The van der Waals surface area contributed by atoms with Crippen LogP contribution >= 0.6 is 0 Å². The SMILES string of the molecule is CC(C)OC1CCC(C(=O)N2Cc3cccnc3Nc3ccc(C4=CCOCC4)cc32)OC1.[HH]. The average molecular weight is 452 g/mol. The van der Waals surface area contributed by atoms with Crippen LogP contribution in [0.25, 0.3) is 5.57 Å². The van der Waals surface area contributed by atoms with Crippen molar-refractivity contribution in [1.29, 1.82) is 0 Å². The van der Waals surface area contributed by atoms with Gasteiger partial charge >= 0.3 is 0 Å². The third-order valence-corrected chi connectivity index (χ3v) is 6.34. The fraction of sp³-hybridized carbons (Fsp3) is 0.462. The van der Waals surface area contributed by atoms with Crippen LogP contribution < -0.4 is 10.2 Å². The maximum absolute atomic E-state index is 13.8. The van der Waals surface area contributed by atoms with Gasteiger partial charge in [0, 0.05) is 13.2 Å². The number of ether oxygens (including phenoxy) is 3. The lowest BCUT2D eigenvalue weighted by Gasteiger charge is -2.33. The molecular formula is C26H33N3O4. The second-order valence-electron chi connectivity index (χ2n) is 9.05. The number of nitrogens with one attached hydrogen (secondary N) is 1. The summed E-state index contributed by atoms with van der Waals surface area (Å²) < 4.78 is 17.4. The monoisotopic (exact) mass is 451 g/mol.